The molecular formula is C23H29N3O6S. The number of hydrogen-bond acceptors (Lipinski definition) is 6. The summed E-state index contributed by atoms with van der Waals surface area (Å²) in [5.74, 6) is 0.0726. The zero-order valence-electron chi connectivity index (χ0n) is 19.2. The van der Waals surface area contributed by atoms with Crippen LogP contribution in [0.4, 0.5) is 5.69 Å². The average Bonchev–Trinajstić information content (AvgIpc) is 2.78. The lowest BCUT2D eigenvalue weighted by Gasteiger charge is -2.31. The van der Waals surface area contributed by atoms with Crippen molar-refractivity contribution in [1.82, 2.24) is 10.2 Å². The second-order valence-electron chi connectivity index (χ2n) is 7.90. The number of carbonyl (C=O) groups is 2. The van der Waals surface area contributed by atoms with Gasteiger partial charge >= 0.3 is 0 Å². The Labute approximate surface area is 194 Å². The Bertz CT molecular complexity index is 1130. The van der Waals surface area contributed by atoms with Gasteiger partial charge in [0.2, 0.25) is 21.8 Å². The lowest BCUT2D eigenvalue weighted by atomic mass is 10.1. The monoisotopic (exact) mass is 475 g/mol. The minimum Gasteiger partial charge on any atom is -0.486 e. The van der Waals surface area contributed by atoms with Crippen LogP contribution < -0.4 is 19.1 Å². The van der Waals surface area contributed by atoms with Gasteiger partial charge in [-0.25, -0.2) is 8.42 Å². The SMILES string of the molecule is CNC(=O)[C@@H](C)N(Cc1cccc(C)c1)C(=O)CN(c1ccc2c(c1)OCCO2)S(C)(=O)=O. The number of aryl methyl sites for hydroxylation is 1. The van der Waals surface area contributed by atoms with Crippen LogP contribution in [0.25, 0.3) is 0 Å². The molecule has 2 aromatic rings. The fraction of sp³-hybridized carbons (Fsp3) is 0.391. The summed E-state index contributed by atoms with van der Waals surface area (Å²) in [6.07, 6.45) is 1.03. The lowest BCUT2D eigenvalue weighted by Crippen LogP contribution is -2.50. The molecule has 9 nitrogen and oxygen atoms in total. The van der Waals surface area contributed by atoms with E-state index in [0.29, 0.717) is 24.7 Å². The van der Waals surface area contributed by atoms with Gasteiger partial charge in [-0.15, -0.1) is 0 Å². The molecule has 178 valence electrons. The first kappa shape index (κ1) is 24.4. The molecule has 10 heteroatoms. The van der Waals surface area contributed by atoms with Gasteiger partial charge in [-0.2, -0.15) is 0 Å². The molecule has 1 heterocycles. The van der Waals surface area contributed by atoms with Gasteiger partial charge in [0.1, 0.15) is 25.8 Å². The number of sulfonamides is 1. The summed E-state index contributed by atoms with van der Waals surface area (Å²) >= 11 is 0. The van der Waals surface area contributed by atoms with Crippen LogP contribution in [-0.2, 0) is 26.2 Å². The molecule has 0 aliphatic carbocycles. The lowest BCUT2D eigenvalue weighted by molar-refractivity contribution is -0.139. The second-order valence-corrected chi connectivity index (χ2v) is 9.81. The number of nitrogens with one attached hydrogen (secondary N) is 1. The number of rotatable bonds is 8. The van der Waals surface area contributed by atoms with Crippen LogP contribution in [0.3, 0.4) is 0 Å². The average molecular weight is 476 g/mol. The van der Waals surface area contributed by atoms with E-state index in [-0.39, 0.29) is 18.1 Å². The predicted molar refractivity (Wildman–Crippen MR) is 125 cm³/mol. The molecule has 2 aromatic carbocycles. The molecule has 33 heavy (non-hydrogen) atoms. The van der Waals surface area contributed by atoms with E-state index in [4.69, 9.17) is 9.47 Å². The highest BCUT2D eigenvalue weighted by atomic mass is 32.2. The van der Waals surface area contributed by atoms with Gasteiger partial charge in [-0.05, 0) is 31.5 Å². The Balaban J connectivity index is 1.92. The van der Waals surface area contributed by atoms with Crippen molar-refractivity contribution in [3.63, 3.8) is 0 Å². The normalized spacial score (nSPS) is 13.7. The van der Waals surface area contributed by atoms with Crippen LogP contribution in [0.1, 0.15) is 18.1 Å². The van der Waals surface area contributed by atoms with Crippen molar-refractivity contribution in [3.05, 3.63) is 53.6 Å². The number of amides is 2. The molecule has 1 atom stereocenters. The molecule has 1 aliphatic rings. The number of hydrogen-bond donors (Lipinski definition) is 1. The van der Waals surface area contributed by atoms with Gasteiger partial charge in [-0.3, -0.25) is 13.9 Å². The van der Waals surface area contributed by atoms with Crippen LogP contribution in [0.15, 0.2) is 42.5 Å². The molecule has 0 unspecified atom stereocenters. The summed E-state index contributed by atoms with van der Waals surface area (Å²) in [6.45, 7) is 4.00. The molecule has 0 spiro atoms. The fourth-order valence-corrected chi connectivity index (χ4v) is 4.44. The van der Waals surface area contributed by atoms with Crippen LogP contribution in [0.2, 0.25) is 0 Å². The first-order chi connectivity index (χ1) is 15.6. The van der Waals surface area contributed by atoms with Gasteiger partial charge in [0.05, 0.1) is 11.9 Å². The summed E-state index contributed by atoms with van der Waals surface area (Å²) in [4.78, 5) is 27.1. The van der Waals surface area contributed by atoms with E-state index in [1.165, 1.54) is 18.0 Å². The predicted octanol–water partition coefficient (Wildman–Crippen LogP) is 1.70. The molecule has 1 aliphatic heterocycles. The molecule has 0 radical (unpaired) electrons. The third kappa shape index (κ3) is 5.95. The Hall–Kier alpha value is -3.27. The molecular weight excluding hydrogens is 446 g/mol. The molecule has 0 fully saturated rings. The quantitative estimate of drug-likeness (QED) is 0.623. The van der Waals surface area contributed by atoms with Gasteiger partial charge in [-0.1, -0.05) is 29.8 Å². The number of ether oxygens (including phenoxy) is 2. The van der Waals surface area contributed by atoms with Gasteiger partial charge in [0.15, 0.2) is 11.5 Å². The first-order valence-electron chi connectivity index (χ1n) is 10.5. The maximum atomic E-state index is 13.4. The maximum absolute atomic E-state index is 13.4. The number of nitrogens with zero attached hydrogens (tertiary/aromatic N) is 2. The fourth-order valence-electron chi connectivity index (χ4n) is 3.60. The Morgan fingerprint density at radius 2 is 1.79 bits per heavy atom. The molecule has 0 saturated heterocycles. The van der Waals surface area contributed by atoms with Crippen LogP contribution in [0, 0.1) is 6.92 Å². The number of anilines is 1. The van der Waals surface area contributed by atoms with E-state index in [0.717, 1.165) is 21.7 Å². The van der Waals surface area contributed by atoms with E-state index in [1.54, 1.807) is 19.1 Å². The topological polar surface area (TPSA) is 105 Å². The summed E-state index contributed by atoms with van der Waals surface area (Å²) in [6, 6.07) is 11.5. The molecule has 0 aromatic heterocycles. The Kier molecular flexibility index (Phi) is 7.47. The third-order valence-electron chi connectivity index (χ3n) is 5.34. The third-order valence-corrected chi connectivity index (χ3v) is 6.48. The number of carbonyl (C=O) groups excluding carboxylic acids is 2. The van der Waals surface area contributed by atoms with Crippen LogP contribution >= 0.6 is 0 Å². The van der Waals surface area contributed by atoms with Crippen LogP contribution in [0.5, 0.6) is 11.5 Å². The highest BCUT2D eigenvalue weighted by Crippen LogP contribution is 2.34. The van der Waals surface area contributed by atoms with Crippen molar-refractivity contribution in [2.24, 2.45) is 0 Å². The van der Waals surface area contributed by atoms with Crippen LogP contribution in [-0.4, -0.2) is 64.2 Å². The number of fused-ring (bicyclic) bond motifs is 1. The minimum absolute atomic E-state index is 0.161. The zero-order chi connectivity index (χ0) is 24.2. The van der Waals surface area contributed by atoms with Crippen molar-refractivity contribution in [1.29, 1.82) is 0 Å². The molecule has 2 amide bonds. The highest BCUT2D eigenvalue weighted by molar-refractivity contribution is 7.92. The number of likely N-dealkylation sites (N-methyl/N-ethyl adjacent to an activating group) is 1. The smallest absolute Gasteiger partial charge is 0.244 e. The molecule has 1 N–H and O–H groups in total. The molecule has 0 saturated carbocycles. The van der Waals surface area contributed by atoms with Gasteiger partial charge < -0.3 is 19.7 Å². The van der Waals surface area contributed by atoms with Gasteiger partial charge in [0.25, 0.3) is 0 Å². The molecule has 0 bridgehead atoms. The summed E-state index contributed by atoms with van der Waals surface area (Å²) in [7, 11) is -2.32. The summed E-state index contributed by atoms with van der Waals surface area (Å²) in [5, 5.41) is 2.55. The Morgan fingerprint density at radius 1 is 1.09 bits per heavy atom. The molecule has 3 rings (SSSR count). The standard InChI is InChI=1S/C23H29N3O6S/c1-16-6-5-7-18(12-16)14-25(17(2)23(28)24-3)22(27)15-26(33(4,29)30)19-8-9-20-21(13-19)32-11-10-31-20/h5-9,12-13,17H,10-11,14-15H2,1-4H3,(H,24,28)/t17-/m1/s1. The van der Waals surface area contributed by atoms with E-state index in [2.05, 4.69) is 5.32 Å². The van der Waals surface area contributed by atoms with Crippen molar-refractivity contribution >= 4 is 27.5 Å². The largest absolute Gasteiger partial charge is 0.486 e. The van der Waals surface area contributed by atoms with Crippen molar-refractivity contribution in [2.45, 2.75) is 26.4 Å². The van der Waals surface area contributed by atoms with Crippen molar-refractivity contribution in [2.75, 3.05) is 37.4 Å². The van der Waals surface area contributed by atoms with Crippen molar-refractivity contribution < 1.29 is 27.5 Å². The first-order valence-corrected chi connectivity index (χ1v) is 12.4. The van der Waals surface area contributed by atoms with Crippen molar-refractivity contribution in [3.8, 4) is 11.5 Å². The van der Waals surface area contributed by atoms with Gasteiger partial charge in [0, 0.05) is 19.7 Å². The number of benzene rings is 2. The van der Waals surface area contributed by atoms with E-state index >= 15 is 0 Å². The Morgan fingerprint density at radius 3 is 2.42 bits per heavy atom. The van der Waals surface area contributed by atoms with E-state index in [9.17, 15) is 18.0 Å². The summed E-state index contributed by atoms with van der Waals surface area (Å²) < 4.78 is 37.3. The minimum atomic E-state index is -3.82. The maximum Gasteiger partial charge on any atom is 0.244 e. The zero-order valence-corrected chi connectivity index (χ0v) is 20.0. The highest BCUT2D eigenvalue weighted by Gasteiger charge is 2.30. The summed E-state index contributed by atoms with van der Waals surface area (Å²) in [5.41, 5.74) is 2.13. The second kappa shape index (κ2) is 10.1. The van der Waals surface area contributed by atoms with E-state index < -0.39 is 28.5 Å². The van der Waals surface area contributed by atoms with E-state index in [1.807, 2.05) is 31.2 Å².